The Morgan fingerprint density at radius 1 is 1.14 bits per heavy atom. The normalized spacial score (nSPS) is 10.9. The summed E-state index contributed by atoms with van der Waals surface area (Å²) in [6, 6.07) is 4.01. The number of halogens is 1. The van der Waals surface area contributed by atoms with E-state index in [-0.39, 0.29) is 0 Å². The van der Waals surface area contributed by atoms with Gasteiger partial charge in [-0.3, -0.25) is 0 Å². The summed E-state index contributed by atoms with van der Waals surface area (Å²) in [5, 5.41) is 4.03. The fourth-order valence-corrected chi connectivity index (χ4v) is 1.40. The minimum Gasteiger partial charge on any atom is -0.222 e. The second-order valence-electron chi connectivity index (χ2n) is 2.17. The van der Waals surface area contributed by atoms with E-state index < -0.39 is 10.2 Å². The van der Waals surface area contributed by atoms with Crippen LogP contribution in [0.3, 0.4) is 0 Å². The van der Waals surface area contributed by atoms with Gasteiger partial charge in [-0.2, -0.15) is 0 Å². The zero-order chi connectivity index (χ0) is 10.6. The molecule has 0 saturated heterocycles. The van der Waals surface area contributed by atoms with Crippen LogP contribution in [0.25, 0.3) is 11.3 Å². The van der Waals surface area contributed by atoms with Gasteiger partial charge in [0.2, 0.25) is 0 Å². The lowest BCUT2D eigenvalue weighted by molar-refractivity contribution is -2.00. The maximum atomic E-state index is 8.49. The number of rotatable bonds is 0. The largest absolute Gasteiger partial charge is 0.369 e. The molecule has 7 heteroatoms. The van der Waals surface area contributed by atoms with Gasteiger partial charge in [-0.1, -0.05) is 0 Å². The average Bonchev–Trinajstić information content (AvgIpc) is 2.47. The molecule has 5 nitrogen and oxygen atoms in total. The highest BCUT2D eigenvalue weighted by atomic mass is 35.7. The lowest BCUT2D eigenvalue weighted by Gasteiger charge is -2.17. The smallest absolute Gasteiger partial charge is 0.222 e. The van der Waals surface area contributed by atoms with E-state index in [1.165, 1.54) is 5.56 Å². The summed E-state index contributed by atoms with van der Waals surface area (Å²) in [6.45, 7) is 0. The van der Waals surface area contributed by atoms with Crippen molar-refractivity contribution in [1.29, 1.82) is 0 Å². The van der Waals surface area contributed by atoms with Crippen LogP contribution in [0.5, 0.6) is 0 Å². The highest BCUT2D eigenvalue weighted by molar-refractivity contribution is 7.07. The van der Waals surface area contributed by atoms with E-state index in [1.807, 2.05) is 22.9 Å². The van der Waals surface area contributed by atoms with Gasteiger partial charge in [0.25, 0.3) is 0 Å². The van der Waals surface area contributed by atoms with Crippen LogP contribution in [0.15, 0.2) is 33.6 Å². The Labute approximate surface area is 85.6 Å². The van der Waals surface area contributed by atoms with Crippen LogP contribution in [0, 0.1) is 10.2 Å². The maximum Gasteiger partial charge on any atom is 0.369 e. The third-order valence-corrected chi connectivity index (χ3v) is 1.87. The minimum atomic E-state index is -4.94. The highest BCUT2D eigenvalue weighted by Gasteiger charge is 2.12. The Hall–Kier alpha value is -0.760. The van der Waals surface area contributed by atoms with Crippen molar-refractivity contribution < 1.29 is 33.3 Å². The lowest BCUT2D eigenvalue weighted by Crippen LogP contribution is -2.68. The monoisotopic (exact) mass is 236 g/mol. The van der Waals surface area contributed by atoms with Crippen LogP contribution >= 0.6 is 11.3 Å². The van der Waals surface area contributed by atoms with Gasteiger partial charge < -0.3 is 0 Å². The molecule has 76 valence electrons. The summed E-state index contributed by atoms with van der Waals surface area (Å²) < 4.78 is 39.1. The van der Waals surface area contributed by atoms with E-state index in [4.69, 9.17) is 23.1 Å². The fraction of sp³-hybridized carbons (Fsp3) is 0. The lowest BCUT2D eigenvalue weighted by atomic mass is 10.3. The molecule has 2 heterocycles. The zero-order valence-corrected chi connectivity index (χ0v) is 8.29. The topological polar surface area (TPSA) is 104 Å². The van der Waals surface area contributed by atoms with Gasteiger partial charge >= 0.3 is 12.0 Å². The third kappa shape index (κ3) is 4.47. The Morgan fingerprint density at radius 2 is 1.79 bits per heavy atom. The van der Waals surface area contributed by atoms with Gasteiger partial charge in [0, 0.05) is 0 Å². The molecule has 0 radical (unpaired) electrons. The Bertz CT molecular complexity index is 324. The molecule has 0 amide bonds. The van der Waals surface area contributed by atoms with E-state index in [9.17, 15) is 0 Å². The van der Waals surface area contributed by atoms with E-state index in [1.54, 1.807) is 17.6 Å². The predicted molar refractivity (Wildman–Crippen MR) is 37.6 cm³/mol. The average molecular weight is 237 g/mol. The molecule has 0 aromatic heterocycles. The van der Waals surface area contributed by atoms with Crippen molar-refractivity contribution in [2.75, 3.05) is 0 Å². The zero-order valence-electron chi connectivity index (χ0n) is 6.71. The summed E-state index contributed by atoms with van der Waals surface area (Å²) in [5.74, 6) is 0.975. The molecule has 0 bridgehead atoms. The maximum absolute atomic E-state index is 8.49. The van der Waals surface area contributed by atoms with E-state index in [0.717, 1.165) is 5.76 Å². The molecule has 0 aromatic rings. The number of furan rings is 1. The summed E-state index contributed by atoms with van der Waals surface area (Å²) in [4.78, 5) is 0. The quantitative estimate of drug-likeness (QED) is 0.491. The van der Waals surface area contributed by atoms with Crippen molar-refractivity contribution in [3.05, 3.63) is 29.2 Å². The molecule has 0 atom stereocenters. The second kappa shape index (κ2) is 4.65. The summed E-state index contributed by atoms with van der Waals surface area (Å²) in [7, 11) is -4.94. The summed E-state index contributed by atoms with van der Waals surface area (Å²) in [5.41, 5.74) is 1.17. The van der Waals surface area contributed by atoms with Gasteiger partial charge in [-0.25, -0.2) is 23.1 Å². The molecule has 0 spiro atoms. The highest BCUT2D eigenvalue weighted by Crippen LogP contribution is 2.23. The number of hydrogen-bond donors (Lipinski definition) is 0. The molecule has 0 aromatic carbocycles. The van der Waals surface area contributed by atoms with Crippen LogP contribution in [0.2, 0.25) is 0 Å². The molecular weight excluding hydrogens is 232 g/mol. The number of hydrogen-bond acceptors (Lipinski definition) is 5. The Morgan fingerprint density at radius 3 is 2.36 bits per heavy atom. The summed E-state index contributed by atoms with van der Waals surface area (Å²) in [6.07, 6.45) is 1.71. The first kappa shape index (κ1) is 11.3. The van der Waals surface area contributed by atoms with Crippen LogP contribution in [-0.4, -0.2) is 0 Å². The molecule has 2 aliphatic heterocycles. The van der Waals surface area contributed by atoms with E-state index in [0.29, 0.717) is 0 Å². The SMILES string of the molecule is [O-][Cl+3]([O-])([O-])[O-].c1cc2ccscc-2[o+]1. The van der Waals surface area contributed by atoms with Crippen LogP contribution in [0.1, 0.15) is 0 Å². The van der Waals surface area contributed by atoms with Gasteiger partial charge in [-0.05, 0) is 11.4 Å². The molecule has 14 heavy (non-hydrogen) atoms. The molecule has 0 aliphatic carbocycles. The van der Waals surface area contributed by atoms with Crippen molar-refractivity contribution in [2.45, 2.75) is 0 Å². The van der Waals surface area contributed by atoms with Crippen molar-refractivity contribution in [2.24, 2.45) is 0 Å². The van der Waals surface area contributed by atoms with E-state index >= 15 is 0 Å². The van der Waals surface area contributed by atoms with Crippen LogP contribution in [-0.2, 0) is 0 Å². The molecule has 0 N–H and O–H groups in total. The van der Waals surface area contributed by atoms with Gasteiger partial charge in [0.05, 0.1) is 17.0 Å². The first-order chi connectivity index (χ1) is 6.47. The van der Waals surface area contributed by atoms with Crippen molar-refractivity contribution in [3.63, 3.8) is 0 Å². The van der Waals surface area contributed by atoms with Crippen LogP contribution in [0.4, 0.5) is 0 Å². The van der Waals surface area contributed by atoms with E-state index in [2.05, 4.69) is 0 Å². The standard InChI is InChI=1S/C7H5OS.ClHO4/c1-3-8-7-5-9-4-2-6(1)7;2-1(3,4)5/h1-5H;(H,2,3,4,5)/q+1;/p-1. The molecular formula is C7H5ClO5S. The molecule has 2 aliphatic rings. The predicted octanol–water partition coefficient (Wildman–Crippen LogP) is -2.03. The van der Waals surface area contributed by atoms with Gasteiger partial charge in [0.1, 0.15) is 0 Å². The first-order valence-electron chi connectivity index (χ1n) is 3.31. The Balaban J connectivity index is 0.000000171. The molecule has 0 unspecified atom stereocenters. The van der Waals surface area contributed by atoms with Crippen molar-refractivity contribution in [3.8, 4) is 11.3 Å². The number of fused-ring (bicyclic) bond motifs is 1. The fourth-order valence-electron chi connectivity index (χ4n) is 0.778. The van der Waals surface area contributed by atoms with Crippen molar-refractivity contribution >= 4 is 11.3 Å². The summed E-state index contributed by atoms with van der Waals surface area (Å²) >= 11 is 1.64. The van der Waals surface area contributed by atoms with Crippen molar-refractivity contribution in [1.82, 2.24) is 0 Å². The second-order valence-corrected chi connectivity index (χ2v) is 3.71. The first-order valence-corrected chi connectivity index (χ1v) is 5.49. The molecule has 2 rings (SSSR count). The van der Waals surface area contributed by atoms with Gasteiger partial charge in [0.15, 0.2) is 0 Å². The third-order valence-electron chi connectivity index (χ3n) is 1.23. The molecule has 0 saturated carbocycles. The minimum absolute atomic E-state index is 0.975. The van der Waals surface area contributed by atoms with Gasteiger partial charge in [-0.15, -0.1) is 21.6 Å². The Kier molecular flexibility index (Phi) is 3.76. The van der Waals surface area contributed by atoms with Crippen LogP contribution < -0.4 is 18.6 Å². The molecule has 0 fully saturated rings.